The van der Waals surface area contributed by atoms with Gasteiger partial charge in [0, 0.05) is 70.7 Å². The van der Waals surface area contributed by atoms with Crippen LogP contribution in [0.3, 0.4) is 0 Å². The number of amides is 5. The normalized spacial score (nSPS) is 23.8. The molecular formula is C38H43BrN8O6. The van der Waals surface area contributed by atoms with Crippen molar-refractivity contribution < 1.29 is 24.0 Å². The number of piperidine rings is 2. The van der Waals surface area contributed by atoms with Crippen LogP contribution >= 0.6 is 15.9 Å². The molecule has 278 valence electrons. The summed E-state index contributed by atoms with van der Waals surface area (Å²) < 4.78 is 1.87. The average molecular weight is 788 g/mol. The zero-order chi connectivity index (χ0) is 37.6. The number of anilines is 1. The first-order chi connectivity index (χ1) is 25.3. The Bertz CT molecular complexity index is 2020. The lowest BCUT2D eigenvalue weighted by Gasteiger charge is -2.59. The number of benzene rings is 2. The van der Waals surface area contributed by atoms with Crippen LogP contribution in [0, 0.1) is 12.3 Å². The zero-order valence-electron chi connectivity index (χ0n) is 30.0. The summed E-state index contributed by atoms with van der Waals surface area (Å²) in [7, 11) is 3.80. The lowest BCUT2D eigenvalue weighted by Crippen LogP contribution is -2.71. The van der Waals surface area contributed by atoms with Crippen LogP contribution in [0.25, 0.3) is 0 Å². The third-order valence-corrected chi connectivity index (χ3v) is 11.6. The summed E-state index contributed by atoms with van der Waals surface area (Å²) in [5.41, 5.74) is 5.04. The second-order valence-corrected chi connectivity index (χ2v) is 16.0. The Kier molecular flexibility index (Phi) is 10.1. The number of aromatic nitrogens is 2. The van der Waals surface area contributed by atoms with E-state index in [4.69, 9.17) is 0 Å². The number of carbonyl (C=O) groups is 5. The van der Waals surface area contributed by atoms with E-state index in [1.807, 2.05) is 6.07 Å². The van der Waals surface area contributed by atoms with E-state index in [2.05, 4.69) is 79.7 Å². The molecule has 0 aliphatic carbocycles. The molecule has 0 radical (unpaired) electrons. The van der Waals surface area contributed by atoms with E-state index < -0.39 is 23.8 Å². The molecule has 2 aromatic carbocycles. The van der Waals surface area contributed by atoms with Gasteiger partial charge in [0.25, 0.3) is 17.4 Å². The minimum atomic E-state index is -0.946. The second kappa shape index (κ2) is 14.6. The van der Waals surface area contributed by atoms with Crippen LogP contribution in [-0.2, 0) is 28.0 Å². The van der Waals surface area contributed by atoms with E-state index in [1.165, 1.54) is 15.8 Å². The van der Waals surface area contributed by atoms with E-state index in [-0.39, 0.29) is 35.8 Å². The Balaban J connectivity index is 0.000000168. The monoisotopic (exact) mass is 786 g/mol. The minimum absolute atomic E-state index is 0.104. The maximum atomic E-state index is 12.9. The zero-order valence-corrected chi connectivity index (χ0v) is 31.6. The fraction of sp³-hybridized carbons (Fsp3) is 0.447. The molecule has 0 bridgehead atoms. The van der Waals surface area contributed by atoms with Gasteiger partial charge >= 0.3 is 0 Å². The number of nitrogens with one attached hydrogen (secondary N) is 2. The molecule has 3 aromatic rings. The van der Waals surface area contributed by atoms with Gasteiger partial charge in [-0.05, 0) is 71.9 Å². The van der Waals surface area contributed by atoms with Crippen molar-refractivity contribution in [3.63, 3.8) is 0 Å². The molecule has 0 saturated carbocycles. The summed E-state index contributed by atoms with van der Waals surface area (Å²) >= 11 is 3.39. The number of fused-ring (bicyclic) bond motifs is 1. The lowest BCUT2D eigenvalue weighted by molar-refractivity contribution is -0.147. The van der Waals surface area contributed by atoms with Crippen LogP contribution in [0.4, 0.5) is 5.69 Å². The molecule has 4 saturated heterocycles. The highest BCUT2D eigenvalue weighted by Gasteiger charge is 2.51. The quantitative estimate of drug-likeness (QED) is 0.269. The van der Waals surface area contributed by atoms with Crippen molar-refractivity contribution in [3.05, 3.63) is 91.3 Å². The van der Waals surface area contributed by atoms with Gasteiger partial charge in [-0.2, -0.15) is 5.10 Å². The van der Waals surface area contributed by atoms with Gasteiger partial charge in [-0.1, -0.05) is 35.9 Å². The van der Waals surface area contributed by atoms with Gasteiger partial charge in [0.05, 0.1) is 23.0 Å². The van der Waals surface area contributed by atoms with Gasteiger partial charge < -0.3 is 15.1 Å². The van der Waals surface area contributed by atoms with Crippen LogP contribution in [0.2, 0.25) is 0 Å². The highest BCUT2D eigenvalue weighted by molar-refractivity contribution is 9.10. The maximum absolute atomic E-state index is 12.9. The van der Waals surface area contributed by atoms with Crippen molar-refractivity contribution in [2.45, 2.75) is 50.7 Å². The molecule has 5 aliphatic rings. The second-order valence-electron chi connectivity index (χ2n) is 15.2. The van der Waals surface area contributed by atoms with Gasteiger partial charge in [0.1, 0.15) is 10.5 Å². The molecule has 5 amide bonds. The van der Waals surface area contributed by atoms with Crippen molar-refractivity contribution >= 4 is 51.7 Å². The van der Waals surface area contributed by atoms with Crippen molar-refractivity contribution in [3.8, 4) is 0 Å². The molecule has 1 spiro atoms. The number of rotatable bonds is 7. The van der Waals surface area contributed by atoms with Gasteiger partial charge in [-0.15, -0.1) is 0 Å². The van der Waals surface area contributed by atoms with Crippen LogP contribution in [0.1, 0.15) is 62.6 Å². The van der Waals surface area contributed by atoms with E-state index >= 15 is 0 Å². The molecular weight excluding hydrogens is 744 g/mol. The highest BCUT2D eigenvalue weighted by Crippen LogP contribution is 2.40. The van der Waals surface area contributed by atoms with Gasteiger partial charge in [-0.25, -0.2) is 4.68 Å². The van der Waals surface area contributed by atoms with Crippen LogP contribution in [-0.4, -0.2) is 118 Å². The molecule has 2 N–H and O–H groups in total. The first-order valence-electron chi connectivity index (χ1n) is 17.8. The van der Waals surface area contributed by atoms with Crippen LogP contribution < -0.4 is 16.2 Å². The summed E-state index contributed by atoms with van der Waals surface area (Å²) in [5, 5.41) is 9.80. The number of hydrogen-bond acceptors (Lipinski definition) is 10. The van der Waals surface area contributed by atoms with E-state index in [0.29, 0.717) is 28.1 Å². The Hall–Kier alpha value is -4.73. The predicted molar refractivity (Wildman–Crippen MR) is 199 cm³/mol. The molecule has 3 atom stereocenters. The summed E-state index contributed by atoms with van der Waals surface area (Å²) in [4.78, 5) is 79.2. The molecule has 1 aromatic heterocycles. The summed E-state index contributed by atoms with van der Waals surface area (Å²) in [6, 6.07) is 13.3. The van der Waals surface area contributed by atoms with E-state index in [0.717, 1.165) is 68.3 Å². The third kappa shape index (κ3) is 7.42. The topological polar surface area (TPSA) is 157 Å². The molecule has 4 fully saturated rings. The standard InChI is InChI=1S/C20H20N4O5.C18H23BrN4O/c25-11-23-9-20(10-23)7-22(8-20)6-12-1-2-13-14(5-12)19(29)24(18(13)28)15-3-4-16(26)21-17(15)27;1-12-4-6-13(7-5-12)14-8-15(11-22(2)10-14)21-16-9-20-23(3)18(24)17(16)19/h1-2,5,11,15H,3-4,6-10H2,(H,21,26,27);4-7,9,14-15,21H,8,10-11H2,1-3H3. The third-order valence-electron chi connectivity index (χ3n) is 10.9. The number of carbonyl (C=O) groups excluding carboxylic acids is 5. The first-order valence-corrected chi connectivity index (χ1v) is 18.6. The fourth-order valence-corrected chi connectivity index (χ4v) is 8.79. The lowest BCUT2D eigenvalue weighted by atomic mass is 9.73. The van der Waals surface area contributed by atoms with Crippen molar-refractivity contribution in [1.82, 2.24) is 34.7 Å². The molecule has 5 aliphatic heterocycles. The fourth-order valence-electron chi connectivity index (χ4n) is 8.31. The number of imide groups is 2. The van der Waals surface area contributed by atoms with Gasteiger partial charge in [0.2, 0.25) is 18.2 Å². The Labute approximate surface area is 315 Å². The molecule has 3 unspecified atom stereocenters. The minimum Gasteiger partial charge on any atom is -0.379 e. The predicted octanol–water partition coefficient (Wildman–Crippen LogP) is 2.11. The van der Waals surface area contributed by atoms with E-state index in [1.54, 1.807) is 30.3 Å². The van der Waals surface area contributed by atoms with Crippen molar-refractivity contribution in [1.29, 1.82) is 0 Å². The first kappa shape index (κ1) is 36.6. The number of halogens is 1. The number of hydrogen-bond donors (Lipinski definition) is 2. The highest BCUT2D eigenvalue weighted by atomic mass is 79.9. The molecule has 53 heavy (non-hydrogen) atoms. The molecule has 15 heteroatoms. The molecule has 14 nitrogen and oxygen atoms in total. The van der Waals surface area contributed by atoms with Crippen molar-refractivity contribution in [2.75, 3.05) is 51.6 Å². The van der Waals surface area contributed by atoms with Gasteiger partial charge in [0.15, 0.2) is 0 Å². The van der Waals surface area contributed by atoms with Crippen LogP contribution in [0.15, 0.2) is 57.9 Å². The maximum Gasteiger partial charge on any atom is 0.282 e. The largest absolute Gasteiger partial charge is 0.379 e. The molecule has 6 heterocycles. The van der Waals surface area contributed by atoms with E-state index in [9.17, 15) is 28.8 Å². The van der Waals surface area contributed by atoms with Crippen LogP contribution in [0.5, 0.6) is 0 Å². The molecule has 8 rings (SSSR count). The summed E-state index contributed by atoms with van der Waals surface area (Å²) in [6.45, 7) is 8.18. The SMILES string of the molecule is Cc1ccc(C2CC(Nc3cnn(C)c(=O)c3Br)CN(C)C2)cc1.O=CN1CC2(C1)CN(Cc1ccc3c(c1)C(=O)N(C1CCC(=O)NC1=O)C3=O)C2. The van der Waals surface area contributed by atoms with Gasteiger partial charge in [-0.3, -0.25) is 43.9 Å². The number of nitrogens with zero attached hydrogens (tertiary/aromatic N) is 6. The Morgan fingerprint density at radius 2 is 1.68 bits per heavy atom. The Morgan fingerprint density at radius 3 is 2.38 bits per heavy atom. The number of aryl methyl sites for hydroxylation is 2. The van der Waals surface area contributed by atoms with Crippen molar-refractivity contribution in [2.24, 2.45) is 12.5 Å². The summed E-state index contributed by atoms with van der Waals surface area (Å²) in [5.74, 6) is -1.48. The smallest absolute Gasteiger partial charge is 0.282 e. The summed E-state index contributed by atoms with van der Waals surface area (Å²) in [6.07, 6.45) is 3.88. The Morgan fingerprint density at radius 1 is 0.962 bits per heavy atom. The number of likely N-dealkylation sites (tertiary alicyclic amines) is 3. The number of likely N-dealkylation sites (N-methyl/N-ethyl adjacent to an activating group) is 1. The average Bonchev–Trinajstić information content (AvgIpc) is 3.34.